The lowest BCUT2D eigenvalue weighted by atomic mass is 9.90. The van der Waals surface area contributed by atoms with Gasteiger partial charge in [0.15, 0.2) is 6.29 Å². The van der Waals surface area contributed by atoms with E-state index in [1.54, 1.807) is 0 Å². The van der Waals surface area contributed by atoms with Crippen LogP contribution in [0.15, 0.2) is 97.2 Å². The highest BCUT2D eigenvalue weighted by Crippen LogP contribution is 2.42. The standard InChI is InChI=1S/C36H38Cl3N3O4/c1-24-32(22-42(2)20-18-30-8-5-6-19-40-30)45-34(46-33(24)27-12-10-25(23-43)11-13-27)28-16-14-26(15-17-28)31-9-4-3-7-29(31)21-41-35(44)36(37,38)39/h3-17,19,24,32-34,43H,18,20-23H2,1-2H3,(H,41,44)/t24-,32+,33+,34+/m1/s1. The largest absolute Gasteiger partial charge is 0.392 e. The summed E-state index contributed by atoms with van der Waals surface area (Å²) in [6, 6.07) is 29.8. The number of benzene rings is 3. The summed E-state index contributed by atoms with van der Waals surface area (Å²) < 4.78 is 11.3. The van der Waals surface area contributed by atoms with Crippen LogP contribution >= 0.6 is 34.8 Å². The number of aliphatic hydroxyl groups is 1. The average molecular weight is 683 g/mol. The second-order valence-electron chi connectivity index (χ2n) is 11.6. The van der Waals surface area contributed by atoms with Crippen molar-refractivity contribution in [1.82, 2.24) is 15.2 Å². The molecule has 0 unspecified atom stereocenters. The number of amides is 1. The summed E-state index contributed by atoms with van der Waals surface area (Å²) >= 11 is 17.2. The first-order valence-corrected chi connectivity index (χ1v) is 16.4. The van der Waals surface area contributed by atoms with E-state index in [0.717, 1.165) is 58.6 Å². The Hall–Kier alpha value is -3.01. The molecule has 0 bridgehead atoms. The fourth-order valence-corrected chi connectivity index (χ4v) is 5.83. The summed E-state index contributed by atoms with van der Waals surface area (Å²) in [5.74, 6) is -0.608. The summed E-state index contributed by atoms with van der Waals surface area (Å²) in [6.45, 7) is 3.94. The van der Waals surface area contributed by atoms with Gasteiger partial charge in [-0.25, -0.2) is 0 Å². The fourth-order valence-electron chi connectivity index (χ4n) is 5.63. The number of nitrogens with one attached hydrogen (secondary N) is 1. The van der Waals surface area contributed by atoms with Gasteiger partial charge in [0.25, 0.3) is 9.70 Å². The second kappa shape index (κ2) is 15.7. The summed E-state index contributed by atoms with van der Waals surface area (Å²) in [5.41, 5.74) is 6.66. The lowest BCUT2D eigenvalue weighted by molar-refractivity contribution is -0.275. The van der Waals surface area contributed by atoms with Gasteiger partial charge in [-0.3, -0.25) is 9.78 Å². The van der Waals surface area contributed by atoms with Crippen molar-refractivity contribution < 1.29 is 19.4 Å². The van der Waals surface area contributed by atoms with Gasteiger partial charge in [-0.2, -0.15) is 0 Å². The van der Waals surface area contributed by atoms with Crippen molar-refractivity contribution in [3.63, 3.8) is 0 Å². The summed E-state index contributed by atoms with van der Waals surface area (Å²) in [6.07, 6.45) is 1.78. The van der Waals surface area contributed by atoms with Crippen LogP contribution in [0, 0.1) is 5.92 Å². The van der Waals surface area contributed by atoms with Crippen LogP contribution in [0.5, 0.6) is 0 Å². The number of carbonyl (C=O) groups excluding carboxylic acids is 1. The molecule has 46 heavy (non-hydrogen) atoms. The van der Waals surface area contributed by atoms with Crippen molar-refractivity contribution in [2.75, 3.05) is 20.1 Å². The Labute approximate surface area is 285 Å². The van der Waals surface area contributed by atoms with Crippen molar-refractivity contribution in [3.05, 3.63) is 125 Å². The maximum atomic E-state index is 12.1. The highest BCUT2D eigenvalue weighted by atomic mass is 35.6. The zero-order valence-corrected chi connectivity index (χ0v) is 28.1. The minimum Gasteiger partial charge on any atom is -0.392 e. The SMILES string of the molecule is C[C@@H]1[C@H](CN(C)CCc2ccccn2)O[C@H](c2ccc(-c3ccccc3CNC(=O)C(Cl)(Cl)Cl)cc2)O[C@@H]1c1ccc(CO)cc1. The van der Waals surface area contributed by atoms with E-state index in [9.17, 15) is 9.90 Å². The van der Waals surface area contributed by atoms with E-state index in [-0.39, 0.29) is 31.3 Å². The highest BCUT2D eigenvalue weighted by Gasteiger charge is 2.39. The van der Waals surface area contributed by atoms with Crippen molar-refractivity contribution >= 4 is 40.7 Å². The quantitative estimate of drug-likeness (QED) is 0.163. The maximum Gasteiger partial charge on any atom is 0.272 e. The van der Waals surface area contributed by atoms with E-state index in [1.807, 2.05) is 97.2 Å². The van der Waals surface area contributed by atoms with Gasteiger partial charge in [0.1, 0.15) is 0 Å². The molecule has 0 spiro atoms. The first-order valence-electron chi connectivity index (χ1n) is 15.2. The molecule has 10 heteroatoms. The van der Waals surface area contributed by atoms with Gasteiger partial charge in [-0.1, -0.05) is 121 Å². The van der Waals surface area contributed by atoms with Gasteiger partial charge in [0, 0.05) is 49.4 Å². The van der Waals surface area contributed by atoms with Crippen molar-refractivity contribution in [3.8, 4) is 11.1 Å². The number of likely N-dealkylation sites (N-methyl/N-ethyl adjacent to an activating group) is 1. The third-order valence-electron chi connectivity index (χ3n) is 8.30. The number of carbonyl (C=O) groups is 1. The smallest absolute Gasteiger partial charge is 0.272 e. The number of aromatic nitrogens is 1. The molecule has 0 aliphatic carbocycles. The molecule has 0 radical (unpaired) electrons. The van der Waals surface area contributed by atoms with Crippen LogP contribution in [-0.4, -0.2) is 50.9 Å². The van der Waals surface area contributed by atoms with Crippen molar-refractivity contribution in [2.45, 2.75) is 48.8 Å². The number of pyridine rings is 1. The van der Waals surface area contributed by atoms with Crippen LogP contribution in [0.25, 0.3) is 11.1 Å². The molecular formula is C36H38Cl3N3O4. The Morgan fingerprint density at radius 3 is 2.30 bits per heavy atom. The maximum absolute atomic E-state index is 12.1. The molecule has 4 aromatic rings. The van der Waals surface area contributed by atoms with Gasteiger partial charge >= 0.3 is 0 Å². The Morgan fingerprint density at radius 1 is 0.935 bits per heavy atom. The summed E-state index contributed by atoms with van der Waals surface area (Å²) in [7, 11) is 2.11. The molecule has 5 rings (SSSR count). The Morgan fingerprint density at radius 2 is 1.63 bits per heavy atom. The van der Waals surface area contributed by atoms with Crippen LogP contribution in [-0.2, 0) is 33.8 Å². The van der Waals surface area contributed by atoms with Gasteiger partial charge in [-0.15, -0.1) is 0 Å². The number of nitrogens with zero attached hydrogens (tertiary/aromatic N) is 2. The molecule has 3 aromatic carbocycles. The zero-order valence-electron chi connectivity index (χ0n) is 25.8. The molecule has 7 nitrogen and oxygen atoms in total. The molecule has 1 aliphatic heterocycles. The third-order valence-corrected chi connectivity index (χ3v) is 8.81. The lowest BCUT2D eigenvalue weighted by Gasteiger charge is -2.42. The Kier molecular flexibility index (Phi) is 11.7. The summed E-state index contributed by atoms with van der Waals surface area (Å²) in [4.78, 5) is 18.9. The molecule has 1 aliphatic rings. The van der Waals surface area contributed by atoms with Crippen LogP contribution < -0.4 is 5.32 Å². The first kappa shape index (κ1) is 34.3. The van der Waals surface area contributed by atoms with Gasteiger partial charge in [0.2, 0.25) is 0 Å². The molecular weight excluding hydrogens is 645 g/mol. The molecule has 1 fully saturated rings. The second-order valence-corrected chi connectivity index (χ2v) is 13.9. The van der Waals surface area contributed by atoms with Gasteiger partial charge in [0.05, 0.1) is 18.8 Å². The third kappa shape index (κ3) is 8.87. The van der Waals surface area contributed by atoms with E-state index in [0.29, 0.717) is 0 Å². The Bertz CT molecular complexity index is 1570. The van der Waals surface area contributed by atoms with Crippen LogP contribution in [0.3, 0.4) is 0 Å². The number of aliphatic hydroxyl groups excluding tert-OH is 1. The molecule has 2 N–H and O–H groups in total. The van der Waals surface area contributed by atoms with Crippen molar-refractivity contribution in [1.29, 1.82) is 0 Å². The number of rotatable bonds is 11. The van der Waals surface area contributed by atoms with Gasteiger partial charge in [-0.05, 0) is 47.0 Å². The van der Waals surface area contributed by atoms with Crippen LogP contribution in [0.2, 0.25) is 0 Å². The highest BCUT2D eigenvalue weighted by molar-refractivity contribution is 6.76. The topological polar surface area (TPSA) is 83.9 Å². The number of alkyl halides is 3. The summed E-state index contributed by atoms with van der Waals surface area (Å²) in [5, 5.41) is 12.3. The number of ether oxygens (including phenoxy) is 2. The minimum absolute atomic E-state index is 0.00840. The van der Waals surface area contributed by atoms with Gasteiger partial charge < -0.3 is 24.8 Å². The number of hydrogen-bond acceptors (Lipinski definition) is 6. The number of hydrogen-bond donors (Lipinski definition) is 2. The molecule has 4 atom stereocenters. The molecule has 1 aromatic heterocycles. The normalized spacial score (nSPS) is 20.1. The van der Waals surface area contributed by atoms with E-state index < -0.39 is 16.0 Å². The van der Waals surface area contributed by atoms with Crippen LogP contribution in [0.1, 0.15) is 47.3 Å². The zero-order chi connectivity index (χ0) is 32.7. The average Bonchev–Trinajstić information content (AvgIpc) is 3.07. The number of halogens is 3. The molecule has 242 valence electrons. The first-order chi connectivity index (χ1) is 22.1. The molecule has 1 saturated heterocycles. The molecule has 1 amide bonds. The predicted molar refractivity (Wildman–Crippen MR) is 182 cm³/mol. The Balaban J connectivity index is 1.34. The molecule has 0 saturated carbocycles. The molecule has 2 heterocycles. The lowest BCUT2D eigenvalue weighted by Crippen LogP contribution is -2.43. The predicted octanol–water partition coefficient (Wildman–Crippen LogP) is 7.19. The van der Waals surface area contributed by atoms with Crippen LogP contribution in [0.4, 0.5) is 0 Å². The minimum atomic E-state index is -2.03. The fraction of sp³-hybridized carbons (Fsp3) is 0.333. The van der Waals surface area contributed by atoms with E-state index in [4.69, 9.17) is 44.3 Å². The van der Waals surface area contributed by atoms with E-state index in [2.05, 4.69) is 29.2 Å². The van der Waals surface area contributed by atoms with Crippen molar-refractivity contribution in [2.24, 2.45) is 5.92 Å². The van der Waals surface area contributed by atoms with E-state index in [1.165, 1.54) is 0 Å². The van der Waals surface area contributed by atoms with E-state index >= 15 is 0 Å². The monoisotopic (exact) mass is 681 g/mol.